The highest BCUT2D eigenvalue weighted by Crippen LogP contribution is 2.30. The first-order valence-electron chi connectivity index (χ1n) is 6.99. The van der Waals surface area contributed by atoms with Crippen molar-refractivity contribution in [3.8, 4) is 11.5 Å². The van der Waals surface area contributed by atoms with E-state index in [0.717, 1.165) is 0 Å². The van der Waals surface area contributed by atoms with Crippen LogP contribution in [0, 0.1) is 0 Å². The van der Waals surface area contributed by atoms with Crippen LogP contribution >= 0.6 is 0 Å². The molecule has 7 nitrogen and oxygen atoms in total. The van der Waals surface area contributed by atoms with E-state index < -0.39 is 15.9 Å². The predicted octanol–water partition coefficient (Wildman–Crippen LogP) is 1.86. The lowest BCUT2D eigenvalue weighted by Crippen LogP contribution is -2.21. The lowest BCUT2D eigenvalue weighted by Gasteiger charge is -2.14. The molecule has 0 aliphatic rings. The number of rotatable bonds is 6. The first-order valence-corrected chi connectivity index (χ1v) is 8.47. The van der Waals surface area contributed by atoms with Gasteiger partial charge < -0.3 is 14.8 Å². The van der Waals surface area contributed by atoms with Crippen molar-refractivity contribution in [3.05, 3.63) is 48.0 Å². The van der Waals surface area contributed by atoms with E-state index in [9.17, 15) is 13.2 Å². The summed E-state index contributed by atoms with van der Waals surface area (Å²) in [5, 5.41) is 2.47. The lowest BCUT2D eigenvalue weighted by atomic mass is 10.2. The third-order valence-electron chi connectivity index (χ3n) is 3.30. The lowest BCUT2D eigenvalue weighted by molar-refractivity contribution is 0.0964. The first kappa shape index (κ1) is 17.6. The molecule has 0 aliphatic heterocycles. The zero-order valence-corrected chi connectivity index (χ0v) is 14.3. The van der Waals surface area contributed by atoms with Crippen molar-refractivity contribution in [1.29, 1.82) is 0 Å². The molecule has 0 bridgehead atoms. The van der Waals surface area contributed by atoms with Gasteiger partial charge in [-0.3, -0.25) is 9.52 Å². The molecule has 128 valence electrons. The van der Waals surface area contributed by atoms with Gasteiger partial charge in [0.15, 0.2) is 0 Å². The molecule has 0 unspecified atom stereocenters. The number of methoxy groups -OCH3 is 2. The van der Waals surface area contributed by atoms with Gasteiger partial charge in [0.2, 0.25) is 0 Å². The zero-order chi connectivity index (χ0) is 17.7. The fraction of sp³-hybridized carbons (Fsp3) is 0.188. The molecule has 1 amide bonds. The molecule has 8 heteroatoms. The van der Waals surface area contributed by atoms with E-state index in [1.165, 1.54) is 45.5 Å². The summed E-state index contributed by atoms with van der Waals surface area (Å²) in [4.78, 5) is 11.8. The summed E-state index contributed by atoms with van der Waals surface area (Å²) in [6.45, 7) is 0. The molecule has 2 rings (SSSR count). The van der Waals surface area contributed by atoms with Gasteiger partial charge in [0.05, 0.1) is 25.5 Å². The van der Waals surface area contributed by atoms with Crippen molar-refractivity contribution in [2.24, 2.45) is 0 Å². The molecule has 2 aromatic rings. The monoisotopic (exact) mass is 350 g/mol. The largest absolute Gasteiger partial charge is 0.497 e. The Labute approximate surface area is 140 Å². The van der Waals surface area contributed by atoms with E-state index >= 15 is 0 Å². The van der Waals surface area contributed by atoms with Gasteiger partial charge in [-0.15, -0.1) is 0 Å². The Bertz CT molecular complexity index is 849. The summed E-state index contributed by atoms with van der Waals surface area (Å²) in [5.74, 6) is 0.141. The molecule has 24 heavy (non-hydrogen) atoms. The Morgan fingerprint density at radius 1 is 1.04 bits per heavy atom. The Kier molecular flexibility index (Phi) is 5.30. The number of hydrogen-bond donors (Lipinski definition) is 2. The second-order valence-corrected chi connectivity index (χ2v) is 6.40. The number of nitrogens with one attached hydrogen (secondary N) is 2. The molecule has 0 aliphatic carbocycles. The molecule has 0 spiro atoms. The van der Waals surface area contributed by atoms with E-state index in [0.29, 0.717) is 5.75 Å². The first-order chi connectivity index (χ1) is 11.4. The third-order valence-corrected chi connectivity index (χ3v) is 4.69. The van der Waals surface area contributed by atoms with Gasteiger partial charge >= 0.3 is 0 Å². The van der Waals surface area contributed by atoms with E-state index in [4.69, 9.17) is 9.47 Å². The second kappa shape index (κ2) is 7.22. The molecule has 0 aromatic heterocycles. The van der Waals surface area contributed by atoms with Crippen LogP contribution in [0.15, 0.2) is 47.4 Å². The van der Waals surface area contributed by atoms with Crippen molar-refractivity contribution in [1.82, 2.24) is 5.32 Å². The highest BCUT2D eigenvalue weighted by Gasteiger charge is 2.22. The molecular weight excluding hydrogens is 332 g/mol. The molecule has 0 saturated heterocycles. The summed E-state index contributed by atoms with van der Waals surface area (Å²) in [5.41, 5.74) is 0.382. The number of benzene rings is 2. The van der Waals surface area contributed by atoms with Crippen LogP contribution in [0.1, 0.15) is 10.4 Å². The highest BCUT2D eigenvalue weighted by atomic mass is 32.2. The van der Waals surface area contributed by atoms with Crippen LogP contribution < -0.4 is 19.5 Å². The zero-order valence-electron chi connectivity index (χ0n) is 13.5. The average molecular weight is 350 g/mol. The molecule has 0 atom stereocenters. The minimum atomic E-state index is -3.99. The fourth-order valence-electron chi connectivity index (χ4n) is 2.10. The normalized spacial score (nSPS) is 10.8. The highest BCUT2D eigenvalue weighted by molar-refractivity contribution is 7.92. The Morgan fingerprint density at radius 3 is 2.38 bits per heavy atom. The van der Waals surface area contributed by atoms with Gasteiger partial charge in [-0.05, 0) is 24.3 Å². The maximum Gasteiger partial charge on any atom is 0.265 e. The summed E-state index contributed by atoms with van der Waals surface area (Å²) < 4.78 is 38.1. The van der Waals surface area contributed by atoms with Gasteiger partial charge in [-0.2, -0.15) is 0 Å². The average Bonchev–Trinajstić information content (AvgIpc) is 2.60. The number of para-hydroxylation sites is 1. The number of ether oxygens (including phenoxy) is 2. The number of sulfonamides is 1. The van der Waals surface area contributed by atoms with Crippen LogP contribution in [0.2, 0.25) is 0 Å². The van der Waals surface area contributed by atoms with Crippen LogP contribution in [-0.4, -0.2) is 35.6 Å². The predicted molar refractivity (Wildman–Crippen MR) is 90.2 cm³/mol. The van der Waals surface area contributed by atoms with Crippen molar-refractivity contribution in [2.75, 3.05) is 26.0 Å². The van der Waals surface area contributed by atoms with Crippen LogP contribution in [0.25, 0.3) is 0 Å². The minimum absolute atomic E-state index is 0.0870. The fourth-order valence-corrected chi connectivity index (χ4v) is 3.36. The number of anilines is 1. The molecule has 0 saturated carbocycles. The minimum Gasteiger partial charge on any atom is -0.497 e. The number of carbonyl (C=O) groups excluding carboxylic acids is 1. The second-order valence-electron chi connectivity index (χ2n) is 4.75. The van der Waals surface area contributed by atoms with Gasteiger partial charge in [0.1, 0.15) is 16.4 Å². The summed E-state index contributed by atoms with van der Waals surface area (Å²) >= 11 is 0. The quantitative estimate of drug-likeness (QED) is 0.829. The maximum atomic E-state index is 12.7. The summed E-state index contributed by atoms with van der Waals surface area (Å²) in [6, 6.07) is 10.8. The van der Waals surface area contributed by atoms with Crippen molar-refractivity contribution in [3.63, 3.8) is 0 Å². The van der Waals surface area contributed by atoms with Gasteiger partial charge in [-0.1, -0.05) is 12.1 Å². The van der Waals surface area contributed by atoms with Gasteiger partial charge in [0, 0.05) is 13.1 Å². The Morgan fingerprint density at radius 2 is 1.75 bits per heavy atom. The number of amides is 1. The Hall–Kier alpha value is -2.74. The molecule has 0 fully saturated rings. The topological polar surface area (TPSA) is 93.7 Å². The molecule has 0 heterocycles. The van der Waals surface area contributed by atoms with Crippen molar-refractivity contribution in [2.45, 2.75) is 4.90 Å². The van der Waals surface area contributed by atoms with Gasteiger partial charge in [-0.25, -0.2) is 8.42 Å². The van der Waals surface area contributed by atoms with Crippen LogP contribution in [-0.2, 0) is 10.0 Å². The van der Waals surface area contributed by atoms with Crippen LogP contribution in [0.3, 0.4) is 0 Å². The van der Waals surface area contributed by atoms with E-state index in [1.807, 2.05) is 0 Å². The SMILES string of the molecule is CNC(=O)c1ccccc1NS(=O)(=O)c1cc(OC)ccc1OC. The van der Waals surface area contributed by atoms with E-state index in [-0.39, 0.29) is 21.9 Å². The van der Waals surface area contributed by atoms with E-state index in [2.05, 4.69) is 10.0 Å². The van der Waals surface area contributed by atoms with E-state index in [1.54, 1.807) is 18.2 Å². The Balaban J connectivity index is 2.49. The molecular formula is C16H18N2O5S. The molecule has 2 aromatic carbocycles. The maximum absolute atomic E-state index is 12.7. The molecule has 0 radical (unpaired) electrons. The van der Waals surface area contributed by atoms with Crippen LogP contribution in [0.4, 0.5) is 5.69 Å². The van der Waals surface area contributed by atoms with Crippen LogP contribution in [0.5, 0.6) is 11.5 Å². The summed E-state index contributed by atoms with van der Waals surface area (Å²) in [7, 11) is 0.294. The van der Waals surface area contributed by atoms with Crippen molar-refractivity contribution >= 4 is 21.6 Å². The van der Waals surface area contributed by atoms with Gasteiger partial charge in [0.25, 0.3) is 15.9 Å². The molecule has 2 N–H and O–H groups in total. The number of carbonyl (C=O) groups is 1. The standard InChI is InChI=1S/C16H18N2O5S/c1-17-16(19)12-6-4-5-7-13(12)18-24(20,21)15-10-11(22-2)8-9-14(15)23-3/h4-10,18H,1-3H3,(H,17,19). The summed E-state index contributed by atoms with van der Waals surface area (Å²) in [6.07, 6.45) is 0. The smallest absolute Gasteiger partial charge is 0.265 e. The van der Waals surface area contributed by atoms with Crippen molar-refractivity contribution < 1.29 is 22.7 Å². The third kappa shape index (κ3) is 3.60. The number of hydrogen-bond acceptors (Lipinski definition) is 5.